The summed E-state index contributed by atoms with van der Waals surface area (Å²) in [5.41, 5.74) is 32.1. The van der Waals surface area contributed by atoms with E-state index in [2.05, 4.69) is 173 Å². The normalized spacial score (nSPS) is 13.4. The van der Waals surface area contributed by atoms with E-state index < -0.39 is 0 Å². The van der Waals surface area contributed by atoms with Gasteiger partial charge in [0.15, 0.2) is 0 Å². The van der Waals surface area contributed by atoms with Gasteiger partial charge in [-0.25, -0.2) is 0 Å². The van der Waals surface area contributed by atoms with Crippen LogP contribution >= 0.6 is 0 Å². The van der Waals surface area contributed by atoms with E-state index in [0.29, 0.717) is 0 Å². The first-order valence-electron chi connectivity index (χ1n) is 19.9. The lowest BCUT2D eigenvalue weighted by Gasteiger charge is -2.22. The zero-order valence-corrected chi connectivity index (χ0v) is 33.3. The average Bonchev–Trinajstić information content (AvgIpc) is 3.61. The number of anilines is 2. The van der Waals surface area contributed by atoms with Gasteiger partial charge in [0.05, 0.1) is 0 Å². The summed E-state index contributed by atoms with van der Waals surface area (Å²) in [6, 6.07) is 68.4. The second-order valence-electron chi connectivity index (χ2n) is 16.3. The van der Waals surface area contributed by atoms with Crippen LogP contribution in [0.4, 0.5) is 11.4 Å². The first-order chi connectivity index (χ1) is 27.6. The molecule has 0 aromatic heterocycles. The van der Waals surface area contributed by atoms with Crippen LogP contribution in [0.2, 0.25) is 0 Å². The molecular weight excluding hydrogens is 689 g/mol. The highest BCUT2D eigenvalue weighted by Gasteiger charge is 2.36. The lowest BCUT2D eigenvalue weighted by atomic mass is 9.81. The zero-order chi connectivity index (χ0) is 39.6. The van der Waals surface area contributed by atoms with Crippen LogP contribution in [0, 0.1) is 0 Å². The second-order valence-corrected chi connectivity index (χ2v) is 16.3. The summed E-state index contributed by atoms with van der Waals surface area (Å²) in [4.78, 5) is 0. The van der Waals surface area contributed by atoms with Gasteiger partial charge >= 0.3 is 0 Å². The van der Waals surface area contributed by atoms with Crippen molar-refractivity contribution in [2.24, 2.45) is 0 Å². The predicted molar refractivity (Wildman–Crippen MR) is 243 cm³/mol. The Labute approximate surface area is 338 Å². The van der Waals surface area contributed by atoms with Crippen LogP contribution in [0.1, 0.15) is 61.1 Å². The molecule has 2 aliphatic carbocycles. The van der Waals surface area contributed by atoms with Gasteiger partial charge in [0, 0.05) is 22.2 Å². The summed E-state index contributed by atoms with van der Waals surface area (Å²) in [5, 5.41) is 0. The van der Waals surface area contributed by atoms with Crippen LogP contribution < -0.4 is 11.5 Å². The minimum Gasteiger partial charge on any atom is -0.399 e. The van der Waals surface area contributed by atoms with E-state index in [1.807, 2.05) is 48.5 Å². The molecule has 2 nitrogen and oxygen atoms in total. The van der Waals surface area contributed by atoms with E-state index in [1.54, 1.807) is 0 Å². The number of rotatable bonds is 4. The number of benzene rings is 8. The molecule has 10 rings (SSSR count). The van der Waals surface area contributed by atoms with Gasteiger partial charge in [-0.05, 0) is 109 Å². The Morgan fingerprint density at radius 3 is 1.21 bits per heavy atom. The first kappa shape index (κ1) is 37.3. The van der Waals surface area contributed by atoms with Crippen molar-refractivity contribution in [3.63, 3.8) is 0 Å². The second kappa shape index (κ2) is 15.5. The smallest absolute Gasteiger partial charge is 0.0317 e. The van der Waals surface area contributed by atoms with Crippen molar-refractivity contribution in [3.8, 4) is 44.5 Å². The summed E-state index contributed by atoms with van der Waals surface area (Å²) >= 11 is 0. The number of hydrogen-bond acceptors (Lipinski definition) is 2. The minimum atomic E-state index is 0.0686. The molecule has 0 saturated heterocycles. The average molecular weight is 739 g/mol. The standard InChI is InChI=1S/C28H24.C15H15N.C12H11N/c1-28(2)26-11-7-6-10-24(26)25-17-14-21(19-27(25)28)18-20-12-15-23(16-13-20)22-8-4-3-5-9-22;1-15(2)13-6-4-3-5-11(13)12-8-7-10(16)9-14(12)15;13-12-8-6-11(7-9-12)10-4-2-1-3-5-10/h3-17,19H,18H2,1-2H3;3-9H,16H2,1-2H3;1-9H,13H2. The maximum absolute atomic E-state index is 5.89. The van der Waals surface area contributed by atoms with Crippen molar-refractivity contribution >= 4 is 11.4 Å². The van der Waals surface area contributed by atoms with E-state index in [9.17, 15) is 0 Å². The van der Waals surface area contributed by atoms with E-state index in [0.717, 1.165) is 17.8 Å². The van der Waals surface area contributed by atoms with Crippen LogP contribution in [-0.4, -0.2) is 0 Å². The predicted octanol–water partition coefficient (Wildman–Crippen LogP) is 13.8. The van der Waals surface area contributed by atoms with E-state index in [4.69, 9.17) is 11.5 Å². The third kappa shape index (κ3) is 7.52. The third-order valence-electron chi connectivity index (χ3n) is 11.7. The van der Waals surface area contributed by atoms with Crippen LogP contribution in [-0.2, 0) is 17.3 Å². The number of nitrogen functional groups attached to an aromatic ring is 2. The molecule has 4 N–H and O–H groups in total. The monoisotopic (exact) mass is 738 g/mol. The van der Waals surface area contributed by atoms with Crippen molar-refractivity contribution in [1.29, 1.82) is 0 Å². The van der Waals surface area contributed by atoms with Crippen molar-refractivity contribution in [2.45, 2.75) is 44.9 Å². The Morgan fingerprint density at radius 1 is 0.316 bits per heavy atom. The molecule has 57 heavy (non-hydrogen) atoms. The van der Waals surface area contributed by atoms with Crippen molar-refractivity contribution in [1.82, 2.24) is 0 Å². The summed E-state index contributed by atoms with van der Waals surface area (Å²) in [5.74, 6) is 0. The van der Waals surface area contributed by atoms with Gasteiger partial charge in [-0.15, -0.1) is 0 Å². The highest BCUT2D eigenvalue weighted by Crippen LogP contribution is 2.50. The Bertz CT molecular complexity index is 2640. The molecule has 0 atom stereocenters. The molecule has 8 aromatic carbocycles. The van der Waals surface area contributed by atoms with Gasteiger partial charge in [0.1, 0.15) is 0 Å². The molecule has 0 heterocycles. The largest absolute Gasteiger partial charge is 0.399 e. The Morgan fingerprint density at radius 2 is 0.684 bits per heavy atom. The van der Waals surface area contributed by atoms with Gasteiger partial charge in [-0.1, -0.05) is 198 Å². The first-order valence-corrected chi connectivity index (χ1v) is 19.9. The lowest BCUT2D eigenvalue weighted by molar-refractivity contribution is 0.659. The molecule has 0 aliphatic heterocycles. The van der Waals surface area contributed by atoms with Crippen molar-refractivity contribution in [2.75, 3.05) is 11.5 Å². The highest BCUT2D eigenvalue weighted by molar-refractivity contribution is 5.82. The summed E-state index contributed by atoms with van der Waals surface area (Å²) in [7, 11) is 0. The highest BCUT2D eigenvalue weighted by atomic mass is 14.6. The summed E-state index contributed by atoms with van der Waals surface area (Å²) in [6.07, 6.45) is 0.967. The molecule has 0 unspecified atom stereocenters. The van der Waals surface area contributed by atoms with Crippen LogP contribution in [0.5, 0.6) is 0 Å². The van der Waals surface area contributed by atoms with E-state index >= 15 is 0 Å². The molecule has 0 fully saturated rings. The van der Waals surface area contributed by atoms with E-state index in [1.165, 1.54) is 77.9 Å². The van der Waals surface area contributed by atoms with Gasteiger partial charge in [0.2, 0.25) is 0 Å². The van der Waals surface area contributed by atoms with Gasteiger partial charge < -0.3 is 11.5 Å². The fourth-order valence-electron chi connectivity index (χ4n) is 8.57. The molecule has 0 amide bonds. The fraction of sp³-hybridized carbons (Fsp3) is 0.127. The molecular formula is C55H50N2. The van der Waals surface area contributed by atoms with Crippen LogP contribution in [0.15, 0.2) is 194 Å². The minimum absolute atomic E-state index is 0.0686. The van der Waals surface area contributed by atoms with Crippen LogP contribution in [0.25, 0.3) is 44.5 Å². The van der Waals surface area contributed by atoms with Crippen molar-refractivity contribution in [3.05, 3.63) is 228 Å². The number of nitrogens with two attached hydrogens (primary N) is 2. The molecule has 280 valence electrons. The maximum Gasteiger partial charge on any atom is 0.0317 e. The van der Waals surface area contributed by atoms with Crippen LogP contribution in [0.3, 0.4) is 0 Å². The summed E-state index contributed by atoms with van der Waals surface area (Å²) < 4.78 is 0. The molecule has 0 saturated carbocycles. The number of hydrogen-bond donors (Lipinski definition) is 2. The molecule has 0 spiro atoms. The third-order valence-corrected chi connectivity index (χ3v) is 11.7. The zero-order valence-electron chi connectivity index (χ0n) is 33.3. The van der Waals surface area contributed by atoms with Gasteiger partial charge in [0.25, 0.3) is 0 Å². The quantitative estimate of drug-likeness (QED) is 0.177. The summed E-state index contributed by atoms with van der Waals surface area (Å²) in [6.45, 7) is 9.21. The molecule has 8 aromatic rings. The molecule has 0 bridgehead atoms. The molecule has 2 aliphatic rings. The topological polar surface area (TPSA) is 52.0 Å². The van der Waals surface area contributed by atoms with Gasteiger partial charge in [-0.3, -0.25) is 0 Å². The Hall–Kier alpha value is -6.64. The SMILES string of the molecule is CC1(C)c2ccccc2-c2ccc(Cc3ccc(-c4ccccc4)cc3)cc21.CC1(C)c2ccccc2-c2ccc(N)cc21.Nc1ccc(-c2ccccc2)cc1. The Balaban J connectivity index is 0.000000132. The Kier molecular flexibility index (Phi) is 10.1. The lowest BCUT2D eigenvalue weighted by Crippen LogP contribution is -2.15. The maximum atomic E-state index is 5.89. The molecule has 2 heteroatoms. The molecule has 0 radical (unpaired) electrons. The number of fused-ring (bicyclic) bond motifs is 6. The van der Waals surface area contributed by atoms with Crippen molar-refractivity contribution < 1.29 is 0 Å². The fourth-order valence-corrected chi connectivity index (χ4v) is 8.57. The van der Waals surface area contributed by atoms with Gasteiger partial charge in [-0.2, -0.15) is 0 Å². The van der Waals surface area contributed by atoms with E-state index in [-0.39, 0.29) is 10.8 Å².